The van der Waals surface area contributed by atoms with Crippen LogP contribution in [0.2, 0.25) is 0 Å². The van der Waals surface area contributed by atoms with E-state index in [0.717, 1.165) is 12.1 Å². The highest BCUT2D eigenvalue weighted by Crippen LogP contribution is 2.34. The van der Waals surface area contributed by atoms with Gasteiger partial charge in [0.15, 0.2) is 0 Å². The molecule has 32 heavy (non-hydrogen) atoms. The number of halogens is 4. The maximum absolute atomic E-state index is 14.3. The molecular weight excluding hydrogens is 426 g/mol. The lowest BCUT2D eigenvalue weighted by Crippen LogP contribution is -2.09. The van der Waals surface area contributed by atoms with Crippen LogP contribution in [0.4, 0.5) is 40.7 Å². The van der Waals surface area contributed by atoms with Crippen molar-refractivity contribution >= 4 is 29.4 Å². The van der Waals surface area contributed by atoms with Crippen LogP contribution in [0.3, 0.4) is 0 Å². The molecule has 3 aromatic rings. The van der Waals surface area contributed by atoms with Gasteiger partial charge in [-0.3, -0.25) is 4.99 Å². The van der Waals surface area contributed by atoms with E-state index >= 15 is 0 Å². The van der Waals surface area contributed by atoms with Crippen molar-refractivity contribution in [3.63, 3.8) is 0 Å². The number of allylic oxidation sites excluding steroid dienone is 1. The largest absolute Gasteiger partial charge is 0.416 e. The minimum Gasteiger partial charge on any atom is -0.403 e. The molecule has 0 saturated heterocycles. The first-order chi connectivity index (χ1) is 15.2. The summed E-state index contributed by atoms with van der Waals surface area (Å²) in [6.45, 7) is 0. The van der Waals surface area contributed by atoms with Gasteiger partial charge in [-0.25, -0.2) is 9.37 Å². The van der Waals surface area contributed by atoms with Crippen LogP contribution in [0.5, 0.6) is 0 Å². The van der Waals surface area contributed by atoms with E-state index in [1.807, 2.05) is 0 Å². The number of hydrogen-bond acceptors (Lipinski definition) is 7. The minimum atomic E-state index is -4.47. The van der Waals surface area contributed by atoms with Crippen molar-refractivity contribution in [3.05, 3.63) is 71.9 Å². The molecule has 0 saturated carbocycles. The van der Waals surface area contributed by atoms with E-state index in [0.29, 0.717) is 22.5 Å². The molecule has 0 spiro atoms. The second-order valence-electron chi connectivity index (χ2n) is 6.53. The fraction of sp³-hybridized carbons (Fsp3) is 0.0952. The number of aromatic nitrogens is 2. The van der Waals surface area contributed by atoms with Gasteiger partial charge in [0.05, 0.1) is 16.9 Å². The van der Waals surface area contributed by atoms with E-state index in [1.54, 1.807) is 7.05 Å². The van der Waals surface area contributed by atoms with Gasteiger partial charge in [0.25, 0.3) is 0 Å². The number of nitrogens with zero attached hydrogens (tertiary/aromatic N) is 3. The number of rotatable bonds is 6. The van der Waals surface area contributed by atoms with Crippen LogP contribution in [0.15, 0.2) is 65.6 Å². The normalized spacial score (nSPS) is 12.2. The van der Waals surface area contributed by atoms with E-state index < -0.39 is 17.6 Å². The first-order valence-electron chi connectivity index (χ1n) is 9.19. The monoisotopic (exact) mass is 445 g/mol. The maximum Gasteiger partial charge on any atom is 0.416 e. The summed E-state index contributed by atoms with van der Waals surface area (Å²) >= 11 is 0. The third-order valence-corrected chi connectivity index (χ3v) is 4.26. The van der Waals surface area contributed by atoms with E-state index in [1.165, 1.54) is 48.9 Å². The van der Waals surface area contributed by atoms with Crippen molar-refractivity contribution in [1.82, 2.24) is 9.97 Å². The van der Waals surface area contributed by atoms with Crippen molar-refractivity contribution in [2.75, 3.05) is 23.4 Å². The average Bonchev–Trinajstić information content (AvgIpc) is 2.76. The highest BCUT2D eigenvalue weighted by atomic mass is 19.4. The molecular formula is C21H19F4N7. The van der Waals surface area contributed by atoms with Crippen LogP contribution in [-0.4, -0.2) is 23.2 Å². The fourth-order valence-corrected chi connectivity index (χ4v) is 2.74. The zero-order valence-corrected chi connectivity index (χ0v) is 16.8. The number of nitrogens with one attached hydrogen (secondary N) is 2. The lowest BCUT2D eigenvalue weighted by Gasteiger charge is -2.15. The number of alkyl halides is 3. The Morgan fingerprint density at radius 1 is 1.12 bits per heavy atom. The molecule has 7 nitrogen and oxygen atoms in total. The lowest BCUT2D eigenvalue weighted by atomic mass is 10.1. The molecule has 0 aliphatic rings. The summed E-state index contributed by atoms with van der Waals surface area (Å²) in [7, 11) is 1.55. The molecule has 0 aliphatic carbocycles. The Hall–Kier alpha value is -4.15. The minimum absolute atomic E-state index is 0.0347. The summed E-state index contributed by atoms with van der Waals surface area (Å²) in [5, 5.41) is 5.68. The van der Waals surface area contributed by atoms with Gasteiger partial charge in [0, 0.05) is 36.9 Å². The van der Waals surface area contributed by atoms with Crippen molar-refractivity contribution in [2.45, 2.75) is 6.18 Å². The van der Waals surface area contributed by atoms with Gasteiger partial charge >= 0.3 is 6.18 Å². The second kappa shape index (κ2) is 9.33. The summed E-state index contributed by atoms with van der Waals surface area (Å²) in [6.07, 6.45) is -0.384. The van der Waals surface area contributed by atoms with E-state index in [9.17, 15) is 17.6 Å². The molecule has 0 fully saturated rings. The quantitative estimate of drug-likeness (QED) is 0.252. The molecule has 0 aliphatic heterocycles. The Labute approximate surface area is 180 Å². The Bertz CT molecular complexity index is 1160. The molecule has 6 N–H and O–H groups in total. The van der Waals surface area contributed by atoms with Crippen LogP contribution in [0.1, 0.15) is 5.56 Å². The molecule has 0 amide bonds. The number of hydrogen-bond donors (Lipinski definition) is 4. The van der Waals surface area contributed by atoms with Gasteiger partial charge in [0.1, 0.15) is 11.6 Å². The second-order valence-corrected chi connectivity index (χ2v) is 6.53. The zero-order chi connectivity index (χ0) is 23.3. The number of aliphatic imine (C=N–C) groups is 1. The predicted molar refractivity (Wildman–Crippen MR) is 117 cm³/mol. The molecule has 1 heterocycles. The highest BCUT2D eigenvalue weighted by molar-refractivity contribution is 5.83. The summed E-state index contributed by atoms with van der Waals surface area (Å²) in [6, 6.07) is 8.40. The van der Waals surface area contributed by atoms with Gasteiger partial charge in [-0.05, 0) is 35.9 Å². The summed E-state index contributed by atoms with van der Waals surface area (Å²) < 4.78 is 53.0. The topological polar surface area (TPSA) is 114 Å². The highest BCUT2D eigenvalue weighted by Gasteiger charge is 2.30. The van der Waals surface area contributed by atoms with Crippen LogP contribution >= 0.6 is 0 Å². The van der Waals surface area contributed by atoms with Crippen molar-refractivity contribution < 1.29 is 17.6 Å². The smallest absolute Gasteiger partial charge is 0.403 e. The van der Waals surface area contributed by atoms with Gasteiger partial charge < -0.3 is 22.1 Å². The third-order valence-electron chi connectivity index (χ3n) is 4.26. The van der Waals surface area contributed by atoms with E-state index in [4.69, 9.17) is 11.5 Å². The van der Waals surface area contributed by atoms with E-state index in [2.05, 4.69) is 25.6 Å². The number of anilines is 4. The van der Waals surface area contributed by atoms with Crippen molar-refractivity contribution in [1.29, 1.82) is 0 Å². The molecule has 0 atom stereocenters. The first-order valence-corrected chi connectivity index (χ1v) is 9.19. The molecule has 0 bridgehead atoms. The molecule has 3 rings (SSSR count). The zero-order valence-electron chi connectivity index (χ0n) is 16.8. The molecule has 0 unspecified atom stereocenters. The average molecular weight is 445 g/mol. The fourth-order valence-electron chi connectivity index (χ4n) is 2.74. The molecule has 0 radical (unpaired) electrons. The first kappa shape index (κ1) is 22.5. The van der Waals surface area contributed by atoms with Gasteiger partial charge in [-0.2, -0.15) is 18.2 Å². The summed E-state index contributed by atoms with van der Waals surface area (Å²) in [5.74, 6) is -0.355. The number of benzene rings is 2. The number of nitrogen functional groups attached to an aromatic ring is 1. The lowest BCUT2D eigenvalue weighted by molar-refractivity contribution is -0.137. The Balaban J connectivity index is 2.06. The summed E-state index contributed by atoms with van der Waals surface area (Å²) in [4.78, 5) is 12.4. The molecule has 1 aromatic heterocycles. The van der Waals surface area contributed by atoms with Crippen LogP contribution in [-0.2, 0) is 6.18 Å². The van der Waals surface area contributed by atoms with E-state index in [-0.39, 0.29) is 17.5 Å². The Morgan fingerprint density at radius 2 is 1.84 bits per heavy atom. The molecule has 2 aromatic carbocycles. The Kier molecular flexibility index (Phi) is 6.57. The number of nitrogens with two attached hydrogens (primary N) is 2. The molecule has 11 heteroatoms. The van der Waals surface area contributed by atoms with Gasteiger partial charge in [-0.1, -0.05) is 12.1 Å². The van der Waals surface area contributed by atoms with Crippen LogP contribution in [0, 0.1) is 5.82 Å². The van der Waals surface area contributed by atoms with Crippen molar-refractivity contribution in [2.24, 2.45) is 10.7 Å². The van der Waals surface area contributed by atoms with Crippen LogP contribution < -0.4 is 22.1 Å². The molecule has 166 valence electrons. The summed E-state index contributed by atoms with van der Waals surface area (Å²) in [5.41, 5.74) is 12.0. The van der Waals surface area contributed by atoms with Gasteiger partial charge in [-0.15, -0.1) is 0 Å². The SMILES string of the molecule is CN=C/C(=C\N)Nc1ncc(-c2ccc(C(F)(F)F)cc2)c(Nc2cc(N)ccc2F)n1. The Morgan fingerprint density at radius 3 is 2.47 bits per heavy atom. The maximum atomic E-state index is 14.3. The van der Waals surface area contributed by atoms with Crippen molar-refractivity contribution in [3.8, 4) is 11.1 Å². The third kappa shape index (κ3) is 5.31. The standard InChI is InChI=1S/C21H19F4N7/c1-28-10-15(9-26)30-20-29-11-16(12-2-4-13(5-3-12)21(23,24)25)19(32-20)31-18-8-14(27)6-7-17(18)22/h2-11H,26-27H2,1H3,(H2,29,30,31,32)/b15-9+,28-10?. The van der Waals surface area contributed by atoms with Gasteiger partial charge in [0.2, 0.25) is 5.95 Å². The predicted octanol–water partition coefficient (Wildman–Crippen LogP) is 4.54. The van der Waals surface area contributed by atoms with Crippen LogP contribution in [0.25, 0.3) is 11.1 Å².